The van der Waals surface area contributed by atoms with Crippen molar-refractivity contribution in [2.45, 2.75) is 65.4 Å². The van der Waals surface area contributed by atoms with Crippen molar-refractivity contribution in [1.29, 1.82) is 5.26 Å². The van der Waals surface area contributed by atoms with Gasteiger partial charge >= 0.3 is 12.1 Å². The summed E-state index contributed by atoms with van der Waals surface area (Å²) in [6.45, 7) is 7.36. The first kappa shape index (κ1) is 24.9. The second kappa shape index (κ2) is 10.3. The van der Waals surface area contributed by atoms with E-state index in [-0.39, 0.29) is 40.6 Å². The smallest absolute Gasteiger partial charge is 0.416 e. The topological polar surface area (TPSA) is 113 Å². The Hall–Kier alpha value is -3.80. The molecule has 37 heavy (non-hydrogen) atoms. The number of H-pyrrole nitrogens is 1. The number of carbonyl (C=O) groups is 2. The standard InChI is InChI=1S/C28H33N5O4/c1-17-10-12-20(13-11-17)24-30-25-22(27(34)36-23-18(2)8-7-9-19(23)3)21(16-29)26(33(25)31-24)37-28(35)32-14-5-4-6-15-32/h10-13,18-19,23H,4-9,14-15H2,1-3H3,(H,30,31). The molecule has 194 valence electrons. The van der Waals surface area contributed by atoms with Crippen molar-refractivity contribution >= 4 is 17.7 Å². The van der Waals surface area contributed by atoms with Gasteiger partial charge in [-0.05, 0) is 50.9 Å². The first-order chi connectivity index (χ1) is 17.9. The number of nitriles is 1. The zero-order valence-electron chi connectivity index (χ0n) is 21.6. The second-order valence-electron chi connectivity index (χ2n) is 10.4. The van der Waals surface area contributed by atoms with Gasteiger partial charge in [0.1, 0.15) is 23.3 Å². The molecule has 2 fully saturated rings. The highest BCUT2D eigenvalue weighted by Gasteiger charge is 2.36. The molecule has 1 amide bonds. The van der Waals surface area contributed by atoms with Gasteiger partial charge in [0.25, 0.3) is 0 Å². The quantitative estimate of drug-likeness (QED) is 0.472. The van der Waals surface area contributed by atoms with Gasteiger partial charge in [-0.15, -0.1) is 5.10 Å². The maximum absolute atomic E-state index is 13.6. The molecule has 1 aliphatic carbocycles. The molecule has 3 heterocycles. The van der Waals surface area contributed by atoms with Crippen LogP contribution in [0.25, 0.3) is 17.0 Å². The molecule has 3 aromatic rings. The molecule has 1 saturated heterocycles. The first-order valence-electron chi connectivity index (χ1n) is 13.2. The summed E-state index contributed by atoms with van der Waals surface area (Å²) in [6, 6.07) is 9.84. The van der Waals surface area contributed by atoms with Crippen LogP contribution >= 0.6 is 0 Å². The number of esters is 1. The van der Waals surface area contributed by atoms with Gasteiger partial charge in [-0.25, -0.2) is 9.59 Å². The van der Waals surface area contributed by atoms with Crippen molar-refractivity contribution in [2.24, 2.45) is 11.8 Å². The molecule has 2 atom stereocenters. The third kappa shape index (κ3) is 4.80. The van der Waals surface area contributed by atoms with E-state index in [1.807, 2.05) is 31.2 Å². The van der Waals surface area contributed by atoms with Crippen LogP contribution in [0.3, 0.4) is 0 Å². The molecule has 1 saturated carbocycles. The van der Waals surface area contributed by atoms with E-state index in [1.54, 1.807) is 4.90 Å². The van der Waals surface area contributed by atoms with Crippen molar-refractivity contribution in [3.05, 3.63) is 41.0 Å². The molecule has 9 nitrogen and oxygen atoms in total. The number of aromatic amines is 1. The first-order valence-corrected chi connectivity index (χ1v) is 13.2. The fourth-order valence-corrected chi connectivity index (χ4v) is 5.51. The minimum Gasteiger partial charge on any atom is -0.458 e. The lowest BCUT2D eigenvalue weighted by molar-refractivity contribution is -0.0160. The minimum atomic E-state index is -0.612. The average Bonchev–Trinajstić information content (AvgIpc) is 3.44. The fourth-order valence-electron chi connectivity index (χ4n) is 5.51. The SMILES string of the molecule is Cc1ccc(-c2nn3c(OC(=O)N4CCCCC4)c(C#N)c(C(=O)OC4C(C)CCCC4C)c3[nH]2)cc1. The van der Waals surface area contributed by atoms with Crippen molar-refractivity contribution in [3.8, 4) is 23.3 Å². The maximum Gasteiger partial charge on any atom is 0.416 e. The Kier molecular flexibility index (Phi) is 6.92. The van der Waals surface area contributed by atoms with E-state index in [2.05, 4.69) is 30.0 Å². The van der Waals surface area contributed by atoms with E-state index in [0.29, 0.717) is 18.9 Å². The molecule has 2 unspecified atom stereocenters. The van der Waals surface area contributed by atoms with E-state index >= 15 is 0 Å². The summed E-state index contributed by atoms with van der Waals surface area (Å²) < 4.78 is 13.1. The molecule has 2 aromatic heterocycles. The summed E-state index contributed by atoms with van der Waals surface area (Å²) in [4.78, 5) is 31.4. The number of aromatic nitrogens is 3. The summed E-state index contributed by atoms with van der Waals surface area (Å²) in [5, 5.41) is 14.7. The Morgan fingerprint density at radius 1 is 1.05 bits per heavy atom. The molecule has 0 bridgehead atoms. The number of likely N-dealkylation sites (tertiary alicyclic amines) is 1. The highest BCUT2D eigenvalue weighted by molar-refractivity contribution is 6.01. The highest BCUT2D eigenvalue weighted by atomic mass is 16.6. The summed E-state index contributed by atoms with van der Waals surface area (Å²) in [7, 11) is 0. The third-order valence-electron chi connectivity index (χ3n) is 7.66. The molecule has 1 aliphatic heterocycles. The molecule has 1 aromatic carbocycles. The lowest BCUT2D eigenvalue weighted by Crippen LogP contribution is -2.38. The molecular weight excluding hydrogens is 470 g/mol. The molecule has 9 heteroatoms. The van der Waals surface area contributed by atoms with Crippen LogP contribution in [0.1, 0.15) is 73.9 Å². The monoisotopic (exact) mass is 503 g/mol. The predicted octanol–water partition coefficient (Wildman–Crippen LogP) is 5.48. The Labute approximate surface area is 216 Å². The van der Waals surface area contributed by atoms with E-state index in [4.69, 9.17) is 9.47 Å². The lowest BCUT2D eigenvalue weighted by atomic mass is 9.80. The summed E-state index contributed by atoms with van der Waals surface area (Å²) in [5.74, 6) is 0.247. The molecule has 0 spiro atoms. The minimum absolute atomic E-state index is 0.0415. The normalized spacial score (nSPS) is 22.0. The zero-order chi connectivity index (χ0) is 26.1. The van der Waals surface area contributed by atoms with Gasteiger partial charge in [0.2, 0.25) is 5.88 Å². The lowest BCUT2D eigenvalue weighted by Gasteiger charge is -2.33. The molecule has 1 N–H and O–H groups in total. The van der Waals surface area contributed by atoms with E-state index < -0.39 is 12.1 Å². The number of hydrogen-bond acceptors (Lipinski definition) is 6. The zero-order valence-corrected chi connectivity index (χ0v) is 21.6. The van der Waals surface area contributed by atoms with Gasteiger partial charge in [0.15, 0.2) is 11.5 Å². The number of hydrogen-bond donors (Lipinski definition) is 1. The number of benzene rings is 1. The van der Waals surface area contributed by atoms with E-state index in [1.165, 1.54) is 4.52 Å². The van der Waals surface area contributed by atoms with Crippen molar-refractivity contribution in [3.63, 3.8) is 0 Å². The van der Waals surface area contributed by atoms with Gasteiger partial charge in [0, 0.05) is 18.7 Å². The molecule has 2 aliphatic rings. The fraction of sp³-hybridized carbons (Fsp3) is 0.500. The molecule has 5 rings (SSSR count). The van der Waals surface area contributed by atoms with E-state index in [0.717, 1.165) is 49.7 Å². The summed E-state index contributed by atoms with van der Waals surface area (Å²) in [6.07, 6.45) is 5.14. The predicted molar refractivity (Wildman–Crippen MR) is 137 cm³/mol. The Bertz CT molecular complexity index is 1330. The van der Waals surface area contributed by atoms with Crippen molar-refractivity contribution in [2.75, 3.05) is 13.1 Å². The van der Waals surface area contributed by atoms with Crippen LogP contribution in [0.5, 0.6) is 5.88 Å². The number of aryl methyl sites for hydroxylation is 1. The number of rotatable bonds is 4. The molecular formula is C28H33N5O4. The Morgan fingerprint density at radius 3 is 2.38 bits per heavy atom. The van der Waals surface area contributed by atoms with Crippen LogP contribution in [-0.4, -0.2) is 50.8 Å². The average molecular weight is 504 g/mol. The number of piperidine rings is 1. The van der Waals surface area contributed by atoms with Crippen LogP contribution in [-0.2, 0) is 4.74 Å². The van der Waals surface area contributed by atoms with Crippen molar-refractivity contribution < 1.29 is 19.1 Å². The number of carbonyl (C=O) groups excluding carboxylic acids is 2. The summed E-state index contributed by atoms with van der Waals surface area (Å²) >= 11 is 0. The number of amides is 1. The Balaban J connectivity index is 1.57. The number of ether oxygens (including phenoxy) is 2. The largest absolute Gasteiger partial charge is 0.458 e. The second-order valence-corrected chi connectivity index (χ2v) is 10.4. The van der Waals surface area contributed by atoms with Gasteiger partial charge in [0.05, 0.1) is 0 Å². The highest BCUT2D eigenvalue weighted by Crippen LogP contribution is 2.35. The van der Waals surface area contributed by atoms with Crippen LogP contribution in [0.2, 0.25) is 0 Å². The van der Waals surface area contributed by atoms with Crippen molar-refractivity contribution in [1.82, 2.24) is 19.5 Å². The number of nitrogens with one attached hydrogen (secondary N) is 1. The van der Waals surface area contributed by atoms with E-state index in [9.17, 15) is 14.9 Å². The summed E-state index contributed by atoms with van der Waals surface area (Å²) in [5.41, 5.74) is 2.16. The van der Waals surface area contributed by atoms with Crippen LogP contribution < -0.4 is 4.74 Å². The number of fused-ring (bicyclic) bond motifs is 1. The maximum atomic E-state index is 13.6. The van der Waals surface area contributed by atoms with Gasteiger partial charge in [-0.1, -0.05) is 50.1 Å². The van der Waals surface area contributed by atoms with Crippen LogP contribution in [0.15, 0.2) is 24.3 Å². The van der Waals surface area contributed by atoms with Crippen LogP contribution in [0, 0.1) is 30.1 Å². The van der Waals surface area contributed by atoms with Gasteiger partial charge < -0.3 is 19.4 Å². The Morgan fingerprint density at radius 2 is 1.73 bits per heavy atom. The van der Waals surface area contributed by atoms with Crippen LogP contribution in [0.4, 0.5) is 4.79 Å². The van der Waals surface area contributed by atoms with Gasteiger partial charge in [-0.2, -0.15) is 9.78 Å². The number of nitrogens with zero attached hydrogens (tertiary/aromatic N) is 4. The third-order valence-corrected chi connectivity index (χ3v) is 7.66. The van der Waals surface area contributed by atoms with Gasteiger partial charge in [-0.3, -0.25) is 0 Å². The molecule has 0 radical (unpaired) electrons.